The highest BCUT2D eigenvalue weighted by Crippen LogP contribution is 2.49. The molecule has 3 aromatic carbocycles. The standard InChI is InChI=1S/C26H29NO/c1-2-27(22-15-14-20-10-4-5-11-21(20)18-22)24-19-26(16-8-3-9-17-26)28-25-13-7-6-12-23(24)25/h4-7,10-15,18,24H,2-3,8-9,16-17,19H2,1H3. The van der Waals surface area contributed by atoms with E-state index in [9.17, 15) is 0 Å². The highest BCUT2D eigenvalue weighted by molar-refractivity contribution is 5.86. The van der Waals surface area contributed by atoms with Crippen molar-refractivity contribution in [3.05, 3.63) is 72.3 Å². The van der Waals surface area contributed by atoms with Gasteiger partial charge in [0.25, 0.3) is 0 Å². The summed E-state index contributed by atoms with van der Waals surface area (Å²) in [6, 6.07) is 24.6. The summed E-state index contributed by atoms with van der Waals surface area (Å²) in [6.07, 6.45) is 7.39. The van der Waals surface area contributed by atoms with Gasteiger partial charge in [-0.25, -0.2) is 0 Å². The number of nitrogens with zero attached hydrogens (tertiary/aromatic N) is 1. The summed E-state index contributed by atoms with van der Waals surface area (Å²) in [7, 11) is 0. The summed E-state index contributed by atoms with van der Waals surface area (Å²) in [5, 5.41) is 2.62. The molecule has 0 bridgehead atoms. The fourth-order valence-electron chi connectivity index (χ4n) is 5.30. The lowest BCUT2D eigenvalue weighted by molar-refractivity contribution is 0.000984. The fraction of sp³-hybridized carbons (Fsp3) is 0.385. The molecule has 1 aliphatic heterocycles. The van der Waals surface area contributed by atoms with E-state index < -0.39 is 0 Å². The third-order valence-corrected chi connectivity index (χ3v) is 6.72. The van der Waals surface area contributed by atoms with Gasteiger partial charge < -0.3 is 9.64 Å². The molecule has 2 aliphatic rings. The minimum atomic E-state index is 0.0154. The largest absolute Gasteiger partial charge is 0.487 e. The Balaban J connectivity index is 1.57. The number of ether oxygens (including phenoxy) is 1. The lowest BCUT2D eigenvalue weighted by Crippen LogP contribution is -2.46. The molecule has 0 radical (unpaired) electrons. The number of anilines is 1. The van der Waals surface area contributed by atoms with E-state index in [2.05, 4.69) is 78.6 Å². The molecule has 1 unspecified atom stereocenters. The third kappa shape index (κ3) is 3.05. The monoisotopic (exact) mass is 371 g/mol. The molecule has 5 rings (SSSR count). The average molecular weight is 372 g/mol. The van der Waals surface area contributed by atoms with Gasteiger partial charge in [0.1, 0.15) is 11.4 Å². The van der Waals surface area contributed by atoms with E-state index in [0.717, 1.165) is 18.7 Å². The minimum Gasteiger partial charge on any atom is -0.487 e. The van der Waals surface area contributed by atoms with Gasteiger partial charge in [0.05, 0.1) is 6.04 Å². The maximum Gasteiger partial charge on any atom is 0.125 e. The maximum absolute atomic E-state index is 6.66. The molecule has 2 nitrogen and oxygen atoms in total. The maximum atomic E-state index is 6.66. The van der Waals surface area contributed by atoms with Crippen LogP contribution in [0, 0.1) is 0 Å². The second kappa shape index (κ2) is 7.16. The van der Waals surface area contributed by atoms with Gasteiger partial charge in [-0.15, -0.1) is 0 Å². The lowest BCUT2D eigenvalue weighted by Gasteiger charge is -2.48. The number of rotatable bonds is 3. The van der Waals surface area contributed by atoms with Crippen molar-refractivity contribution in [1.82, 2.24) is 0 Å². The Morgan fingerprint density at radius 3 is 2.46 bits per heavy atom. The summed E-state index contributed by atoms with van der Waals surface area (Å²) in [5.74, 6) is 1.10. The molecule has 1 spiro atoms. The van der Waals surface area contributed by atoms with Gasteiger partial charge in [-0.05, 0) is 61.6 Å². The highest BCUT2D eigenvalue weighted by atomic mass is 16.5. The molecule has 3 aromatic rings. The molecule has 0 N–H and O–H groups in total. The Bertz CT molecular complexity index is 973. The van der Waals surface area contributed by atoms with Crippen LogP contribution in [0.2, 0.25) is 0 Å². The molecular formula is C26H29NO. The zero-order valence-corrected chi connectivity index (χ0v) is 16.7. The van der Waals surface area contributed by atoms with E-state index in [4.69, 9.17) is 4.74 Å². The van der Waals surface area contributed by atoms with Crippen molar-refractivity contribution in [1.29, 1.82) is 0 Å². The van der Waals surface area contributed by atoms with Gasteiger partial charge in [-0.1, -0.05) is 55.0 Å². The van der Waals surface area contributed by atoms with E-state index in [0.29, 0.717) is 6.04 Å². The van der Waals surface area contributed by atoms with Crippen molar-refractivity contribution in [2.75, 3.05) is 11.4 Å². The van der Waals surface area contributed by atoms with E-state index in [1.165, 1.54) is 54.1 Å². The summed E-state index contributed by atoms with van der Waals surface area (Å²) < 4.78 is 6.66. The molecule has 1 atom stereocenters. The first-order valence-corrected chi connectivity index (χ1v) is 10.8. The molecule has 1 saturated carbocycles. The SMILES string of the molecule is CCN(c1ccc2ccccc2c1)C1CC2(CCCCC2)Oc2ccccc21. The van der Waals surface area contributed by atoms with Gasteiger partial charge in [0.15, 0.2) is 0 Å². The normalized spacial score (nSPS) is 20.5. The van der Waals surface area contributed by atoms with Crippen LogP contribution in [-0.4, -0.2) is 12.1 Å². The Hall–Kier alpha value is -2.48. The van der Waals surface area contributed by atoms with Gasteiger partial charge in [0.2, 0.25) is 0 Å². The van der Waals surface area contributed by atoms with Gasteiger partial charge in [-0.3, -0.25) is 0 Å². The summed E-state index contributed by atoms with van der Waals surface area (Å²) in [4.78, 5) is 2.59. The summed E-state index contributed by atoms with van der Waals surface area (Å²) in [6.45, 7) is 3.27. The number of para-hydroxylation sites is 1. The van der Waals surface area contributed by atoms with Gasteiger partial charge in [0, 0.05) is 24.2 Å². The van der Waals surface area contributed by atoms with Crippen molar-refractivity contribution >= 4 is 16.5 Å². The predicted octanol–water partition coefficient (Wildman–Crippen LogP) is 6.89. The number of hydrogen-bond acceptors (Lipinski definition) is 2. The van der Waals surface area contributed by atoms with Crippen LogP contribution in [-0.2, 0) is 0 Å². The quantitative estimate of drug-likeness (QED) is 0.497. The number of benzene rings is 3. The van der Waals surface area contributed by atoms with Crippen LogP contribution >= 0.6 is 0 Å². The molecule has 1 fully saturated rings. The second-order valence-electron chi connectivity index (χ2n) is 8.42. The van der Waals surface area contributed by atoms with Gasteiger partial charge in [-0.2, -0.15) is 0 Å². The average Bonchev–Trinajstić information content (AvgIpc) is 2.74. The van der Waals surface area contributed by atoms with E-state index >= 15 is 0 Å². The molecule has 0 amide bonds. The first-order valence-electron chi connectivity index (χ1n) is 10.8. The van der Waals surface area contributed by atoms with Crippen molar-refractivity contribution in [2.24, 2.45) is 0 Å². The van der Waals surface area contributed by atoms with Crippen LogP contribution in [0.3, 0.4) is 0 Å². The molecular weight excluding hydrogens is 342 g/mol. The van der Waals surface area contributed by atoms with Crippen molar-refractivity contribution in [2.45, 2.75) is 57.1 Å². The van der Waals surface area contributed by atoms with Crippen LogP contribution in [0.25, 0.3) is 10.8 Å². The molecule has 28 heavy (non-hydrogen) atoms. The zero-order chi connectivity index (χ0) is 19.0. The lowest BCUT2D eigenvalue weighted by atomic mass is 9.76. The predicted molar refractivity (Wildman–Crippen MR) is 117 cm³/mol. The van der Waals surface area contributed by atoms with Crippen LogP contribution in [0.1, 0.15) is 57.1 Å². The Morgan fingerprint density at radius 1 is 0.893 bits per heavy atom. The highest BCUT2D eigenvalue weighted by Gasteiger charge is 2.43. The number of hydrogen-bond donors (Lipinski definition) is 0. The molecule has 2 heteroatoms. The van der Waals surface area contributed by atoms with Crippen LogP contribution in [0.5, 0.6) is 5.75 Å². The number of fused-ring (bicyclic) bond motifs is 2. The topological polar surface area (TPSA) is 12.5 Å². The Kier molecular flexibility index (Phi) is 4.50. The summed E-state index contributed by atoms with van der Waals surface area (Å²) >= 11 is 0. The Labute approximate surface area is 168 Å². The third-order valence-electron chi connectivity index (χ3n) is 6.72. The zero-order valence-electron chi connectivity index (χ0n) is 16.7. The van der Waals surface area contributed by atoms with Gasteiger partial charge >= 0.3 is 0 Å². The first kappa shape index (κ1) is 17.6. The Morgan fingerprint density at radius 2 is 1.64 bits per heavy atom. The van der Waals surface area contributed by atoms with E-state index in [-0.39, 0.29) is 5.60 Å². The van der Waals surface area contributed by atoms with Crippen LogP contribution in [0.4, 0.5) is 5.69 Å². The molecule has 144 valence electrons. The van der Waals surface area contributed by atoms with Crippen LogP contribution in [0.15, 0.2) is 66.7 Å². The minimum absolute atomic E-state index is 0.0154. The van der Waals surface area contributed by atoms with Crippen molar-refractivity contribution in [3.8, 4) is 5.75 Å². The molecule has 1 aliphatic carbocycles. The summed E-state index contributed by atoms with van der Waals surface area (Å²) in [5.41, 5.74) is 2.67. The fourth-order valence-corrected chi connectivity index (χ4v) is 5.30. The first-order chi connectivity index (χ1) is 13.8. The van der Waals surface area contributed by atoms with Crippen LogP contribution < -0.4 is 9.64 Å². The van der Waals surface area contributed by atoms with E-state index in [1.807, 2.05) is 0 Å². The second-order valence-corrected chi connectivity index (χ2v) is 8.42. The molecule has 0 saturated heterocycles. The van der Waals surface area contributed by atoms with Crippen molar-refractivity contribution in [3.63, 3.8) is 0 Å². The smallest absolute Gasteiger partial charge is 0.125 e. The van der Waals surface area contributed by atoms with Crippen molar-refractivity contribution < 1.29 is 4.74 Å². The van der Waals surface area contributed by atoms with E-state index in [1.54, 1.807) is 0 Å². The molecule has 1 heterocycles. The molecule has 0 aromatic heterocycles.